The lowest BCUT2D eigenvalue weighted by Crippen LogP contribution is -2.40. The molecule has 0 bridgehead atoms. The SMILES string of the molecule is CCn1c(SCc2ccc(C(=O)N3CCOCC3)cc2)nnc1-c1ccc(C)cc1. The summed E-state index contributed by atoms with van der Waals surface area (Å²) in [7, 11) is 0. The third kappa shape index (κ3) is 4.57. The van der Waals surface area contributed by atoms with Gasteiger partial charge in [-0.05, 0) is 31.5 Å². The topological polar surface area (TPSA) is 60.2 Å². The van der Waals surface area contributed by atoms with Crippen LogP contribution in [-0.2, 0) is 17.0 Å². The third-order valence-electron chi connectivity index (χ3n) is 5.21. The number of aromatic nitrogens is 3. The van der Waals surface area contributed by atoms with Gasteiger partial charge in [0, 0.05) is 36.5 Å². The van der Waals surface area contributed by atoms with Crippen LogP contribution in [0.4, 0.5) is 0 Å². The Balaban J connectivity index is 1.42. The van der Waals surface area contributed by atoms with E-state index in [1.54, 1.807) is 11.8 Å². The second-order valence-corrected chi connectivity index (χ2v) is 8.25. The lowest BCUT2D eigenvalue weighted by atomic mass is 10.1. The van der Waals surface area contributed by atoms with E-state index in [9.17, 15) is 4.79 Å². The number of carbonyl (C=O) groups excluding carboxylic acids is 1. The van der Waals surface area contributed by atoms with Gasteiger partial charge in [-0.1, -0.05) is 53.7 Å². The highest BCUT2D eigenvalue weighted by atomic mass is 32.2. The van der Waals surface area contributed by atoms with Crippen molar-refractivity contribution in [1.82, 2.24) is 19.7 Å². The minimum absolute atomic E-state index is 0.0750. The summed E-state index contributed by atoms with van der Waals surface area (Å²) in [5, 5.41) is 9.74. The van der Waals surface area contributed by atoms with E-state index in [1.807, 2.05) is 29.2 Å². The lowest BCUT2D eigenvalue weighted by molar-refractivity contribution is 0.0303. The van der Waals surface area contributed by atoms with Gasteiger partial charge in [0.25, 0.3) is 5.91 Å². The normalized spacial score (nSPS) is 14.1. The maximum atomic E-state index is 12.6. The second kappa shape index (κ2) is 9.45. The predicted molar refractivity (Wildman–Crippen MR) is 119 cm³/mol. The number of hydrogen-bond acceptors (Lipinski definition) is 5. The summed E-state index contributed by atoms with van der Waals surface area (Å²) in [6.45, 7) is 7.54. The summed E-state index contributed by atoms with van der Waals surface area (Å²) < 4.78 is 7.47. The molecule has 1 amide bonds. The van der Waals surface area contributed by atoms with Gasteiger partial charge < -0.3 is 14.2 Å². The van der Waals surface area contributed by atoms with E-state index in [1.165, 1.54) is 5.56 Å². The minimum atomic E-state index is 0.0750. The molecule has 2 heterocycles. The fourth-order valence-corrected chi connectivity index (χ4v) is 4.40. The fourth-order valence-electron chi connectivity index (χ4n) is 3.44. The van der Waals surface area contributed by atoms with E-state index in [0.29, 0.717) is 26.3 Å². The molecule has 1 aromatic heterocycles. The average molecular weight is 423 g/mol. The van der Waals surface area contributed by atoms with Gasteiger partial charge in [0.2, 0.25) is 0 Å². The van der Waals surface area contributed by atoms with Crippen molar-refractivity contribution >= 4 is 17.7 Å². The summed E-state index contributed by atoms with van der Waals surface area (Å²) in [5.74, 6) is 1.75. The molecule has 2 aromatic carbocycles. The van der Waals surface area contributed by atoms with Gasteiger partial charge in [0.1, 0.15) is 0 Å². The highest BCUT2D eigenvalue weighted by molar-refractivity contribution is 7.98. The molecule has 0 atom stereocenters. The monoisotopic (exact) mass is 422 g/mol. The molecule has 0 saturated carbocycles. The third-order valence-corrected chi connectivity index (χ3v) is 6.25. The smallest absolute Gasteiger partial charge is 0.254 e. The Bertz CT molecular complexity index is 993. The van der Waals surface area contributed by atoms with Gasteiger partial charge in [-0.15, -0.1) is 10.2 Å². The highest BCUT2D eigenvalue weighted by Crippen LogP contribution is 2.26. The van der Waals surface area contributed by atoms with Crippen LogP contribution in [0.15, 0.2) is 53.7 Å². The number of nitrogens with zero attached hydrogens (tertiary/aromatic N) is 4. The molecule has 1 aliphatic rings. The molecule has 0 unspecified atom stereocenters. The van der Waals surface area contributed by atoms with E-state index in [2.05, 4.69) is 52.9 Å². The van der Waals surface area contributed by atoms with Crippen molar-refractivity contribution in [1.29, 1.82) is 0 Å². The van der Waals surface area contributed by atoms with Gasteiger partial charge in [-0.3, -0.25) is 4.79 Å². The van der Waals surface area contributed by atoms with Crippen LogP contribution < -0.4 is 0 Å². The van der Waals surface area contributed by atoms with Crippen LogP contribution in [-0.4, -0.2) is 51.9 Å². The van der Waals surface area contributed by atoms with Gasteiger partial charge in [0.15, 0.2) is 11.0 Å². The zero-order chi connectivity index (χ0) is 20.9. The number of hydrogen-bond donors (Lipinski definition) is 0. The Morgan fingerprint density at radius 2 is 1.73 bits per heavy atom. The Morgan fingerprint density at radius 3 is 2.40 bits per heavy atom. The maximum absolute atomic E-state index is 12.6. The Kier molecular flexibility index (Phi) is 6.50. The first-order chi connectivity index (χ1) is 14.7. The van der Waals surface area contributed by atoms with Crippen LogP contribution >= 0.6 is 11.8 Å². The Hall–Kier alpha value is -2.64. The molecule has 0 radical (unpaired) electrons. The van der Waals surface area contributed by atoms with Crippen molar-refractivity contribution < 1.29 is 9.53 Å². The summed E-state index contributed by atoms with van der Waals surface area (Å²) in [6, 6.07) is 16.2. The summed E-state index contributed by atoms with van der Waals surface area (Å²) in [5.41, 5.74) is 4.18. The molecule has 156 valence electrons. The zero-order valence-corrected chi connectivity index (χ0v) is 18.2. The van der Waals surface area contributed by atoms with Crippen molar-refractivity contribution in [3.63, 3.8) is 0 Å². The first-order valence-corrected chi connectivity index (χ1v) is 11.2. The number of amides is 1. The van der Waals surface area contributed by atoms with Crippen molar-refractivity contribution in [3.05, 3.63) is 65.2 Å². The molecular formula is C23H26N4O2S. The lowest BCUT2D eigenvalue weighted by Gasteiger charge is -2.26. The number of thioether (sulfide) groups is 1. The molecule has 0 spiro atoms. The van der Waals surface area contributed by atoms with E-state index in [0.717, 1.165) is 40.0 Å². The largest absolute Gasteiger partial charge is 0.378 e. The van der Waals surface area contributed by atoms with Crippen LogP contribution in [0.5, 0.6) is 0 Å². The molecule has 4 rings (SSSR count). The summed E-state index contributed by atoms with van der Waals surface area (Å²) in [6.07, 6.45) is 0. The van der Waals surface area contributed by atoms with Crippen molar-refractivity contribution in [2.24, 2.45) is 0 Å². The van der Waals surface area contributed by atoms with E-state index in [4.69, 9.17) is 4.74 Å². The number of morpholine rings is 1. The summed E-state index contributed by atoms with van der Waals surface area (Å²) in [4.78, 5) is 14.4. The molecule has 7 heteroatoms. The first kappa shape index (κ1) is 20.6. The van der Waals surface area contributed by atoms with Crippen molar-refractivity contribution in [3.8, 4) is 11.4 Å². The standard InChI is InChI=1S/C23H26N4O2S/c1-3-27-21(19-8-4-17(2)5-9-19)24-25-23(27)30-16-18-6-10-20(11-7-18)22(28)26-12-14-29-15-13-26/h4-11H,3,12-16H2,1-2H3. The molecule has 30 heavy (non-hydrogen) atoms. The molecule has 1 aliphatic heterocycles. The molecule has 0 aliphatic carbocycles. The van der Waals surface area contributed by atoms with Crippen molar-refractivity contribution in [2.45, 2.75) is 31.3 Å². The molecule has 1 fully saturated rings. The van der Waals surface area contributed by atoms with Gasteiger partial charge in [0.05, 0.1) is 13.2 Å². The van der Waals surface area contributed by atoms with Gasteiger partial charge in [-0.25, -0.2) is 0 Å². The number of aryl methyl sites for hydroxylation is 1. The van der Waals surface area contributed by atoms with Crippen molar-refractivity contribution in [2.75, 3.05) is 26.3 Å². The van der Waals surface area contributed by atoms with Crippen LogP contribution in [0, 0.1) is 6.92 Å². The number of rotatable bonds is 6. The van der Waals surface area contributed by atoms with Crippen LogP contribution in [0.1, 0.15) is 28.4 Å². The summed E-state index contributed by atoms with van der Waals surface area (Å²) >= 11 is 1.66. The van der Waals surface area contributed by atoms with E-state index < -0.39 is 0 Å². The maximum Gasteiger partial charge on any atom is 0.254 e. The zero-order valence-electron chi connectivity index (χ0n) is 17.4. The predicted octanol–water partition coefficient (Wildman–Crippen LogP) is 4.04. The second-order valence-electron chi connectivity index (χ2n) is 7.31. The van der Waals surface area contributed by atoms with Crippen LogP contribution in [0.2, 0.25) is 0 Å². The number of ether oxygens (including phenoxy) is 1. The molecule has 0 N–H and O–H groups in total. The first-order valence-electron chi connectivity index (χ1n) is 10.2. The Morgan fingerprint density at radius 1 is 1.03 bits per heavy atom. The number of carbonyl (C=O) groups is 1. The average Bonchev–Trinajstić information content (AvgIpc) is 3.21. The molecule has 3 aromatic rings. The van der Waals surface area contributed by atoms with Crippen LogP contribution in [0.25, 0.3) is 11.4 Å². The van der Waals surface area contributed by atoms with Crippen LogP contribution in [0.3, 0.4) is 0 Å². The van der Waals surface area contributed by atoms with E-state index >= 15 is 0 Å². The highest BCUT2D eigenvalue weighted by Gasteiger charge is 2.18. The number of benzene rings is 2. The fraction of sp³-hybridized carbons (Fsp3) is 0.348. The minimum Gasteiger partial charge on any atom is -0.378 e. The van der Waals surface area contributed by atoms with Gasteiger partial charge >= 0.3 is 0 Å². The molecular weight excluding hydrogens is 396 g/mol. The molecule has 1 saturated heterocycles. The Labute approximate surface area is 181 Å². The quantitative estimate of drug-likeness (QED) is 0.561. The van der Waals surface area contributed by atoms with E-state index in [-0.39, 0.29) is 5.91 Å². The molecule has 6 nitrogen and oxygen atoms in total. The van der Waals surface area contributed by atoms with Gasteiger partial charge in [-0.2, -0.15) is 0 Å².